The van der Waals surface area contributed by atoms with Gasteiger partial charge in [-0.2, -0.15) is 0 Å². The van der Waals surface area contributed by atoms with Crippen LogP contribution in [0.3, 0.4) is 0 Å². The van der Waals surface area contributed by atoms with Crippen LogP contribution in [0, 0.1) is 0 Å². The summed E-state index contributed by atoms with van der Waals surface area (Å²) in [5.74, 6) is -0.282. The average Bonchev–Trinajstić information content (AvgIpc) is 2.57. The van der Waals surface area contributed by atoms with Crippen LogP contribution in [-0.2, 0) is 9.53 Å². The Labute approximate surface area is 81.1 Å². The molecule has 13 heavy (non-hydrogen) atoms. The van der Waals surface area contributed by atoms with Crippen LogP contribution in [0.2, 0.25) is 0 Å². The largest absolute Gasteiger partial charge is 0.463 e. The van der Waals surface area contributed by atoms with Gasteiger partial charge in [0, 0.05) is 11.0 Å². The molecule has 1 rings (SSSR count). The van der Waals surface area contributed by atoms with E-state index in [0.717, 1.165) is 5.69 Å². The molecule has 0 radical (unpaired) electrons. The van der Waals surface area contributed by atoms with E-state index < -0.39 is 0 Å². The monoisotopic (exact) mass is 197 g/mol. The van der Waals surface area contributed by atoms with Crippen LogP contribution >= 0.6 is 11.3 Å². The van der Waals surface area contributed by atoms with Gasteiger partial charge in [0.2, 0.25) is 0 Å². The Bertz CT molecular complexity index is 303. The second kappa shape index (κ2) is 4.77. The molecular weight excluding hydrogens is 186 g/mol. The number of nitrogens with zero attached hydrogens (tertiary/aromatic N) is 1. The maximum atomic E-state index is 11.2. The minimum atomic E-state index is -0.282. The van der Waals surface area contributed by atoms with Crippen molar-refractivity contribution in [3.8, 4) is 0 Å². The van der Waals surface area contributed by atoms with Gasteiger partial charge in [-0.3, -0.25) is 0 Å². The van der Waals surface area contributed by atoms with Crippen molar-refractivity contribution in [3.63, 3.8) is 0 Å². The highest BCUT2D eigenvalue weighted by Gasteiger charge is 2.04. The van der Waals surface area contributed by atoms with Crippen LogP contribution in [0.4, 0.5) is 0 Å². The van der Waals surface area contributed by atoms with Gasteiger partial charge in [-0.15, -0.1) is 11.3 Å². The zero-order valence-electron chi connectivity index (χ0n) is 7.61. The van der Waals surface area contributed by atoms with Gasteiger partial charge < -0.3 is 4.74 Å². The van der Waals surface area contributed by atoms with E-state index in [9.17, 15) is 4.79 Å². The van der Waals surface area contributed by atoms with Crippen molar-refractivity contribution in [2.24, 2.45) is 0 Å². The molecule has 0 fully saturated rings. The van der Waals surface area contributed by atoms with E-state index in [-0.39, 0.29) is 5.97 Å². The molecule has 0 saturated heterocycles. The zero-order valence-corrected chi connectivity index (χ0v) is 8.43. The number of carbonyl (C=O) groups excluding carboxylic acids is 1. The SMILES string of the molecule is CCOC(=O)C(C)=Cc1cscn1. The number of ether oxygens (including phenoxy) is 1. The number of hydrogen-bond donors (Lipinski definition) is 0. The van der Waals surface area contributed by atoms with Crippen molar-refractivity contribution in [1.29, 1.82) is 0 Å². The van der Waals surface area contributed by atoms with Crippen molar-refractivity contribution in [1.82, 2.24) is 4.98 Å². The maximum Gasteiger partial charge on any atom is 0.333 e. The molecule has 0 unspecified atom stereocenters. The van der Waals surface area contributed by atoms with Crippen molar-refractivity contribution in [2.45, 2.75) is 13.8 Å². The summed E-state index contributed by atoms with van der Waals surface area (Å²) >= 11 is 1.50. The molecule has 3 nitrogen and oxygen atoms in total. The van der Waals surface area contributed by atoms with Crippen LogP contribution in [-0.4, -0.2) is 17.6 Å². The predicted octanol–water partition coefficient (Wildman–Crippen LogP) is 2.11. The first-order chi connectivity index (χ1) is 6.24. The molecule has 0 amide bonds. The molecule has 0 aliphatic carbocycles. The summed E-state index contributed by atoms with van der Waals surface area (Å²) in [7, 11) is 0. The first-order valence-corrected chi connectivity index (χ1v) is 4.92. The van der Waals surface area contributed by atoms with Crippen molar-refractivity contribution in [3.05, 3.63) is 22.2 Å². The zero-order chi connectivity index (χ0) is 9.68. The highest BCUT2D eigenvalue weighted by molar-refractivity contribution is 7.07. The molecule has 1 heterocycles. The van der Waals surface area contributed by atoms with E-state index in [4.69, 9.17) is 4.74 Å². The summed E-state index contributed by atoms with van der Waals surface area (Å²) in [6.45, 7) is 3.91. The third-order valence-electron chi connectivity index (χ3n) is 1.41. The Morgan fingerprint density at radius 1 is 1.77 bits per heavy atom. The number of hydrogen-bond acceptors (Lipinski definition) is 4. The van der Waals surface area contributed by atoms with Gasteiger partial charge in [-0.05, 0) is 19.9 Å². The summed E-state index contributed by atoms with van der Waals surface area (Å²) in [4.78, 5) is 15.2. The van der Waals surface area contributed by atoms with Gasteiger partial charge in [-0.25, -0.2) is 9.78 Å². The van der Waals surface area contributed by atoms with Crippen molar-refractivity contribution < 1.29 is 9.53 Å². The number of esters is 1. The lowest BCUT2D eigenvalue weighted by molar-refractivity contribution is -0.138. The molecule has 0 saturated carbocycles. The first-order valence-electron chi connectivity index (χ1n) is 3.97. The summed E-state index contributed by atoms with van der Waals surface area (Å²) in [5, 5.41) is 1.88. The highest BCUT2D eigenvalue weighted by atomic mass is 32.1. The van der Waals surface area contributed by atoms with E-state index >= 15 is 0 Å². The second-order valence-electron chi connectivity index (χ2n) is 2.46. The lowest BCUT2D eigenvalue weighted by atomic mass is 10.2. The minimum Gasteiger partial charge on any atom is -0.463 e. The molecule has 4 heteroatoms. The number of carbonyl (C=O) groups is 1. The number of aromatic nitrogens is 1. The molecule has 0 bridgehead atoms. The Morgan fingerprint density at radius 3 is 3.08 bits per heavy atom. The molecule has 0 aromatic carbocycles. The topological polar surface area (TPSA) is 39.2 Å². The molecular formula is C9H11NO2S. The maximum absolute atomic E-state index is 11.2. The van der Waals surface area contributed by atoms with Crippen LogP contribution in [0.5, 0.6) is 0 Å². The molecule has 0 atom stereocenters. The van der Waals surface area contributed by atoms with Gasteiger partial charge in [0.1, 0.15) is 0 Å². The van der Waals surface area contributed by atoms with Crippen molar-refractivity contribution >= 4 is 23.4 Å². The lowest BCUT2D eigenvalue weighted by Gasteiger charge is -1.99. The highest BCUT2D eigenvalue weighted by Crippen LogP contribution is 2.07. The molecule has 0 N–H and O–H groups in total. The van der Waals surface area contributed by atoms with Crippen LogP contribution in [0.25, 0.3) is 6.08 Å². The van der Waals surface area contributed by atoms with Gasteiger partial charge in [0.25, 0.3) is 0 Å². The van der Waals surface area contributed by atoms with Crippen LogP contribution in [0.15, 0.2) is 16.5 Å². The summed E-state index contributed by atoms with van der Waals surface area (Å²) < 4.78 is 4.82. The lowest BCUT2D eigenvalue weighted by Crippen LogP contribution is -2.04. The van der Waals surface area contributed by atoms with Gasteiger partial charge in [0.15, 0.2) is 0 Å². The molecule has 70 valence electrons. The molecule has 0 aliphatic heterocycles. The Morgan fingerprint density at radius 2 is 2.54 bits per heavy atom. The standard InChI is InChI=1S/C9H11NO2S/c1-3-12-9(11)7(2)4-8-5-13-6-10-8/h4-6H,3H2,1-2H3. The smallest absolute Gasteiger partial charge is 0.333 e. The summed E-state index contributed by atoms with van der Waals surface area (Å²) in [5.41, 5.74) is 3.10. The second-order valence-corrected chi connectivity index (χ2v) is 3.18. The molecule has 1 aromatic heterocycles. The Kier molecular flexibility index (Phi) is 3.64. The Balaban J connectivity index is 2.66. The fraction of sp³-hybridized carbons (Fsp3) is 0.333. The number of thiazole rings is 1. The van der Waals surface area contributed by atoms with Gasteiger partial charge >= 0.3 is 5.97 Å². The van der Waals surface area contributed by atoms with E-state index in [1.54, 1.807) is 25.4 Å². The van der Waals surface area contributed by atoms with Gasteiger partial charge in [0.05, 0.1) is 17.8 Å². The van der Waals surface area contributed by atoms with E-state index in [1.165, 1.54) is 11.3 Å². The normalized spacial score (nSPS) is 11.4. The quantitative estimate of drug-likeness (QED) is 0.550. The molecule has 0 spiro atoms. The predicted molar refractivity (Wildman–Crippen MR) is 52.4 cm³/mol. The van der Waals surface area contributed by atoms with Crippen molar-refractivity contribution in [2.75, 3.05) is 6.61 Å². The Hall–Kier alpha value is -1.16. The third-order valence-corrected chi connectivity index (χ3v) is 2.02. The van der Waals surface area contributed by atoms with Crippen LogP contribution < -0.4 is 0 Å². The third kappa shape index (κ3) is 2.99. The van der Waals surface area contributed by atoms with E-state index in [0.29, 0.717) is 12.2 Å². The molecule has 1 aromatic rings. The minimum absolute atomic E-state index is 0.282. The average molecular weight is 197 g/mol. The summed E-state index contributed by atoms with van der Waals surface area (Å²) in [6, 6.07) is 0. The number of rotatable bonds is 3. The van der Waals surface area contributed by atoms with E-state index in [1.807, 2.05) is 5.38 Å². The summed E-state index contributed by atoms with van der Waals surface area (Å²) in [6.07, 6.45) is 1.72. The fourth-order valence-corrected chi connectivity index (χ4v) is 1.33. The van der Waals surface area contributed by atoms with Gasteiger partial charge in [-0.1, -0.05) is 0 Å². The van der Waals surface area contributed by atoms with Crippen LogP contribution in [0.1, 0.15) is 19.5 Å². The molecule has 0 aliphatic rings. The van der Waals surface area contributed by atoms with E-state index in [2.05, 4.69) is 4.98 Å². The fourth-order valence-electron chi connectivity index (χ4n) is 0.819. The first kappa shape index (κ1) is 9.92.